The van der Waals surface area contributed by atoms with E-state index >= 15 is 0 Å². The number of carbonyl (C=O) groups excluding carboxylic acids is 1. The lowest BCUT2D eigenvalue weighted by Crippen LogP contribution is -2.42. The molecule has 1 atom stereocenters. The van der Waals surface area contributed by atoms with Crippen molar-refractivity contribution in [3.05, 3.63) is 65.1 Å². The number of likely N-dealkylation sites (tertiary alicyclic amines) is 1. The summed E-state index contributed by atoms with van der Waals surface area (Å²) in [6, 6.07) is 11.6. The van der Waals surface area contributed by atoms with Gasteiger partial charge in [0, 0.05) is 50.2 Å². The first-order valence-electron chi connectivity index (χ1n) is 10.1. The normalized spacial score (nSPS) is 17.5. The Bertz CT molecular complexity index is 938. The van der Waals surface area contributed by atoms with Gasteiger partial charge in [-0.3, -0.25) is 4.79 Å². The molecule has 1 aliphatic heterocycles. The zero-order chi connectivity index (χ0) is 20.2. The van der Waals surface area contributed by atoms with Crippen LogP contribution in [0.2, 0.25) is 5.02 Å². The number of benzene rings is 1. The Labute approximate surface area is 176 Å². The molecule has 0 spiro atoms. The molecule has 0 aliphatic carbocycles. The molecule has 3 aromatic rings. The molecule has 2 aromatic heterocycles. The summed E-state index contributed by atoms with van der Waals surface area (Å²) < 4.78 is 1.64. The molecule has 0 N–H and O–H groups in total. The zero-order valence-electron chi connectivity index (χ0n) is 16.7. The predicted molar refractivity (Wildman–Crippen MR) is 114 cm³/mol. The maximum atomic E-state index is 12.8. The van der Waals surface area contributed by atoms with Gasteiger partial charge < -0.3 is 9.80 Å². The summed E-state index contributed by atoms with van der Waals surface area (Å²) in [7, 11) is 1.87. The summed E-state index contributed by atoms with van der Waals surface area (Å²) in [4.78, 5) is 21.4. The van der Waals surface area contributed by atoms with Crippen molar-refractivity contribution in [3.63, 3.8) is 0 Å². The summed E-state index contributed by atoms with van der Waals surface area (Å²) in [5.74, 6) is 0.437. The van der Waals surface area contributed by atoms with Crippen molar-refractivity contribution in [1.82, 2.24) is 24.4 Å². The minimum Gasteiger partial charge on any atom is -0.340 e. The van der Waals surface area contributed by atoms with E-state index in [1.54, 1.807) is 33.9 Å². The van der Waals surface area contributed by atoms with E-state index in [1.807, 2.05) is 19.2 Å². The first-order chi connectivity index (χ1) is 14.1. The topological polar surface area (TPSA) is 53.7 Å². The van der Waals surface area contributed by atoms with Crippen LogP contribution in [0.25, 0.3) is 5.65 Å². The molecule has 1 amide bonds. The van der Waals surface area contributed by atoms with Crippen molar-refractivity contribution < 1.29 is 4.79 Å². The van der Waals surface area contributed by atoms with E-state index in [1.165, 1.54) is 12.0 Å². The molecule has 0 unspecified atom stereocenters. The van der Waals surface area contributed by atoms with Gasteiger partial charge in [0.25, 0.3) is 5.91 Å². The van der Waals surface area contributed by atoms with E-state index in [9.17, 15) is 4.79 Å². The second-order valence-electron chi connectivity index (χ2n) is 7.82. The predicted octanol–water partition coefficient (Wildman–Crippen LogP) is 3.41. The number of aromatic nitrogens is 3. The number of nitrogens with zero attached hydrogens (tertiary/aromatic N) is 5. The Morgan fingerprint density at radius 3 is 2.93 bits per heavy atom. The second kappa shape index (κ2) is 8.93. The van der Waals surface area contributed by atoms with Crippen molar-refractivity contribution in [2.75, 3.05) is 33.2 Å². The Morgan fingerprint density at radius 2 is 2.14 bits per heavy atom. The average Bonchev–Trinajstić information content (AvgIpc) is 3.17. The van der Waals surface area contributed by atoms with Crippen molar-refractivity contribution >= 4 is 23.2 Å². The van der Waals surface area contributed by atoms with Crippen LogP contribution in [0.5, 0.6) is 0 Å². The number of hydrogen-bond donors (Lipinski definition) is 0. The third-order valence-corrected chi connectivity index (χ3v) is 5.82. The molecule has 1 saturated heterocycles. The van der Waals surface area contributed by atoms with Gasteiger partial charge in [-0.15, -0.1) is 0 Å². The number of carbonyl (C=O) groups is 1. The third-order valence-electron chi connectivity index (χ3n) is 5.57. The fourth-order valence-corrected chi connectivity index (χ4v) is 4.17. The van der Waals surface area contributed by atoms with Gasteiger partial charge in [0.05, 0.1) is 0 Å². The van der Waals surface area contributed by atoms with Crippen LogP contribution < -0.4 is 0 Å². The van der Waals surface area contributed by atoms with Gasteiger partial charge >= 0.3 is 0 Å². The number of amides is 1. The van der Waals surface area contributed by atoms with Gasteiger partial charge in [0.15, 0.2) is 11.3 Å². The number of hydrogen-bond acceptors (Lipinski definition) is 4. The molecular weight excluding hydrogens is 386 g/mol. The Morgan fingerprint density at radius 1 is 1.31 bits per heavy atom. The molecule has 0 saturated carbocycles. The molecule has 6 nitrogen and oxygen atoms in total. The van der Waals surface area contributed by atoms with Gasteiger partial charge in [-0.25, -0.2) is 9.50 Å². The van der Waals surface area contributed by atoms with Crippen LogP contribution in [-0.4, -0.2) is 63.5 Å². The first kappa shape index (κ1) is 19.9. The lowest BCUT2D eigenvalue weighted by Gasteiger charge is -2.34. The first-order valence-corrected chi connectivity index (χ1v) is 10.5. The lowest BCUT2D eigenvalue weighted by molar-refractivity contribution is 0.0724. The van der Waals surface area contributed by atoms with Gasteiger partial charge in [-0.1, -0.05) is 23.7 Å². The summed E-state index contributed by atoms with van der Waals surface area (Å²) in [6.07, 6.45) is 6.86. The molecular formula is C22H26ClN5O. The van der Waals surface area contributed by atoms with Crippen molar-refractivity contribution in [2.45, 2.75) is 19.3 Å². The van der Waals surface area contributed by atoms with Gasteiger partial charge in [-0.2, -0.15) is 5.10 Å². The van der Waals surface area contributed by atoms with Crippen LogP contribution in [0.15, 0.2) is 48.8 Å². The smallest absolute Gasteiger partial charge is 0.274 e. The molecule has 29 heavy (non-hydrogen) atoms. The summed E-state index contributed by atoms with van der Waals surface area (Å²) >= 11 is 5.97. The molecule has 1 fully saturated rings. The van der Waals surface area contributed by atoms with Crippen molar-refractivity contribution in [3.8, 4) is 0 Å². The molecule has 0 bridgehead atoms. The van der Waals surface area contributed by atoms with E-state index in [2.05, 4.69) is 27.1 Å². The number of rotatable bonds is 6. The molecule has 3 heterocycles. The maximum absolute atomic E-state index is 12.8. The number of fused-ring (bicyclic) bond motifs is 1. The Kier molecular flexibility index (Phi) is 6.11. The number of piperidine rings is 1. The van der Waals surface area contributed by atoms with E-state index < -0.39 is 0 Å². The third kappa shape index (κ3) is 4.95. The van der Waals surface area contributed by atoms with Crippen LogP contribution >= 0.6 is 11.6 Å². The highest BCUT2D eigenvalue weighted by Gasteiger charge is 2.24. The Balaban J connectivity index is 1.31. The number of halogens is 1. The minimum absolute atomic E-state index is 0.0474. The Hall–Kier alpha value is -2.44. The van der Waals surface area contributed by atoms with Crippen molar-refractivity contribution in [1.29, 1.82) is 0 Å². The standard InChI is InChI=1S/C22H26ClN5O/c1-26(22(29)20-14-21-24-10-3-12-28(21)25-20)15-18-4-2-11-27(16-18)13-9-17-5-7-19(23)8-6-17/h3,5-8,10,12,14,18H,2,4,9,11,13,15-16H2,1H3/t18-/m1/s1. The molecule has 0 radical (unpaired) electrons. The molecule has 4 rings (SSSR count). The fourth-order valence-electron chi connectivity index (χ4n) is 4.04. The summed E-state index contributed by atoms with van der Waals surface area (Å²) in [5.41, 5.74) is 2.45. The largest absolute Gasteiger partial charge is 0.340 e. The molecule has 7 heteroatoms. The average molecular weight is 412 g/mol. The van der Waals surface area contributed by atoms with E-state index in [4.69, 9.17) is 11.6 Å². The highest BCUT2D eigenvalue weighted by molar-refractivity contribution is 6.30. The molecule has 1 aliphatic rings. The lowest BCUT2D eigenvalue weighted by atomic mass is 9.97. The maximum Gasteiger partial charge on any atom is 0.274 e. The molecule has 1 aromatic carbocycles. The monoisotopic (exact) mass is 411 g/mol. The van der Waals surface area contributed by atoms with Crippen LogP contribution in [0, 0.1) is 5.92 Å². The van der Waals surface area contributed by atoms with Crippen LogP contribution in [-0.2, 0) is 6.42 Å². The van der Waals surface area contributed by atoms with Crippen molar-refractivity contribution in [2.24, 2.45) is 5.92 Å². The van der Waals surface area contributed by atoms with E-state index in [0.717, 1.165) is 44.0 Å². The summed E-state index contributed by atoms with van der Waals surface area (Å²) in [6.45, 7) is 3.93. The fraction of sp³-hybridized carbons (Fsp3) is 0.409. The minimum atomic E-state index is -0.0474. The van der Waals surface area contributed by atoms with E-state index in [0.29, 0.717) is 17.3 Å². The van der Waals surface area contributed by atoms with Gasteiger partial charge in [0.1, 0.15) is 0 Å². The zero-order valence-corrected chi connectivity index (χ0v) is 17.4. The van der Waals surface area contributed by atoms with Crippen LogP contribution in [0.1, 0.15) is 28.9 Å². The SMILES string of the molecule is CN(C[C@H]1CCCN(CCc2ccc(Cl)cc2)C1)C(=O)c1cc2ncccn2n1. The highest BCUT2D eigenvalue weighted by atomic mass is 35.5. The quantitative estimate of drug-likeness (QED) is 0.623. The van der Waals surface area contributed by atoms with Gasteiger partial charge in [-0.05, 0) is 55.5 Å². The highest BCUT2D eigenvalue weighted by Crippen LogP contribution is 2.19. The molecule has 152 valence electrons. The van der Waals surface area contributed by atoms with Gasteiger partial charge in [0.2, 0.25) is 0 Å². The van der Waals surface area contributed by atoms with Crippen LogP contribution in [0.4, 0.5) is 0 Å². The van der Waals surface area contributed by atoms with Crippen LogP contribution in [0.3, 0.4) is 0 Å². The van der Waals surface area contributed by atoms with E-state index in [-0.39, 0.29) is 5.91 Å². The summed E-state index contributed by atoms with van der Waals surface area (Å²) in [5, 5.41) is 5.13. The second-order valence-corrected chi connectivity index (χ2v) is 8.26.